The molecular formula is C19H22F3N3O. The van der Waals surface area contributed by atoms with Gasteiger partial charge in [-0.3, -0.25) is 4.98 Å². The van der Waals surface area contributed by atoms with Crippen LogP contribution in [0.25, 0.3) is 0 Å². The van der Waals surface area contributed by atoms with Gasteiger partial charge in [-0.05, 0) is 51.1 Å². The summed E-state index contributed by atoms with van der Waals surface area (Å²) >= 11 is 0. The van der Waals surface area contributed by atoms with Gasteiger partial charge in [0.2, 0.25) is 0 Å². The number of pyridine rings is 1. The van der Waals surface area contributed by atoms with Crippen LogP contribution in [0.2, 0.25) is 0 Å². The van der Waals surface area contributed by atoms with E-state index in [-0.39, 0.29) is 18.7 Å². The van der Waals surface area contributed by atoms with E-state index in [4.69, 9.17) is 4.74 Å². The number of hydrogen-bond acceptors (Lipinski definition) is 4. The second-order valence-electron chi connectivity index (χ2n) is 7.05. The van der Waals surface area contributed by atoms with Gasteiger partial charge >= 0.3 is 0 Å². The van der Waals surface area contributed by atoms with Crippen molar-refractivity contribution >= 4 is 11.4 Å². The van der Waals surface area contributed by atoms with E-state index in [9.17, 15) is 4.39 Å². The lowest BCUT2D eigenvalue weighted by Gasteiger charge is -2.44. The fourth-order valence-corrected chi connectivity index (χ4v) is 3.26. The summed E-state index contributed by atoms with van der Waals surface area (Å²) in [6.45, 7) is 4.28. The Morgan fingerprint density at radius 2 is 1.92 bits per heavy atom. The molecule has 1 aliphatic heterocycles. The van der Waals surface area contributed by atoms with Gasteiger partial charge in [-0.15, -0.1) is 0 Å². The first-order valence-electron chi connectivity index (χ1n) is 8.41. The van der Waals surface area contributed by atoms with Crippen LogP contribution in [0.3, 0.4) is 0 Å². The van der Waals surface area contributed by atoms with Crippen molar-refractivity contribution in [1.29, 1.82) is 0 Å². The third kappa shape index (κ3) is 3.05. The number of aromatic nitrogens is 1. The number of nitrogens with one attached hydrogen (secondary N) is 2. The lowest BCUT2D eigenvalue weighted by molar-refractivity contribution is -0.216. The minimum absolute atomic E-state index is 0.116. The van der Waals surface area contributed by atoms with E-state index in [1.165, 1.54) is 39.0 Å². The standard InChI is InChI=1S/C19H22F3N3O/c1-17(2)19(21,22)18(3,24-9-10-26-17)15-11-13(6-7-16(15)20)25-14-5-4-8-23-12-14/h4-8,11-12,24-25H,9-10H2,1-3H3/t18-/m1/s1. The minimum atomic E-state index is -3.36. The van der Waals surface area contributed by atoms with Crippen LogP contribution in [0.5, 0.6) is 0 Å². The number of halogens is 3. The van der Waals surface area contributed by atoms with Gasteiger partial charge in [0.25, 0.3) is 5.92 Å². The maximum atomic E-state index is 15.3. The largest absolute Gasteiger partial charge is 0.368 e. The molecule has 0 radical (unpaired) electrons. The zero-order valence-corrected chi connectivity index (χ0v) is 14.9. The number of rotatable bonds is 3. The average Bonchev–Trinajstić information content (AvgIpc) is 2.68. The van der Waals surface area contributed by atoms with E-state index in [1.807, 2.05) is 0 Å². The summed E-state index contributed by atoms with van der Waals surface area (Å²) in [6.07, 6.45) is 3.22. The van der Waals surface area contributed by atoms with Crippen molar-refractivity contribution in [3.63, 3.8) is 0 Å². The Bertz CT molecular complexity index is 783. The Hall–Kier alpha value is -2.12. The minimum Gasteiger partial charge on any atom is -0.368 e. The van der Waals surface area contributed by atoms with Gasteiger partial charge in [-0.2, -0.15) is 0 Å². The molecule has 7 heteroatoms. The Morgan fingerprint density at radius 3 is 2.62 bits per heavy atom. The van der Waals surface area contributed by atoms with Crippen LogP contribution < -0.4 is 10.6 Å². The number of ether oxygens (including phenoxy) is 1. The molecule has 0 unspecified atom stereocenters. The zero-order valence-electron chi connectivity index (χ0n) is 14.9. The second kappa shape index (κ2) is 6.55. The van der Waals surface area contributed by atoms with Gasteiger partial charge in [0, 0.05) is 24.0 Å². The Labute approximate surface area is 150 Å². The van der Waals surface area contributed by atoms with E-state index in [0.717, 1.165) is 0 Å². The highest BCUT2D eigenvalue weighted by Gasteiger charge is 2.63. The summed E-state index contributed by atoms with van der Waals surface area (Å²) in [6, 6.07) is 7.63. The number of benzene rings is 1. The Morgan fingerprint density at radius 1 is 1.15 bits per heavy atom. The third-order valence-corrected chi connectivity index (χ3v) is 4.88. The molecule has 0 aliphatic carbocycles. The van der Waals surface area contributed by atoms with Crippen LogP contribution in [0.15, 0.2) is 42.7 Å². The molecule has 0 spiro atoms. The summed E-state index contributed by atoms with van der Waals surface area (Å²) < 4.78 is 50.6. The highest BCUT2D eigenvalue weighted by atomic mass is 19.3. The van der Waals surface area contributed by atoms with Crippen molar-refractivity contribution < 1.29 is 17.9 Å². The molecule has 1 aromatic carbocycles. The lowest BCUT2D eigenvalue weighted by Crippen LogP contribution is -2.61. The highest BCUT2D eigenvalue weighted by molar-refractivity contribution is 5.60. The second-order valence-corrected chi connectivity index (χ2v) is 7.05. The molecule has 4 nitrogen and oxygen atoms in total. The SMILES string of the molecule is CC1(C)OCCN[C@](C)(c2cc(Nc3cccnc3)ccc2F)C1(F)F. The topological polar surface area (TPSA) is 46.2 Å². The molecule has 0 amide bonds. The maximum absolute atomic E-state index is 15.3. The molecule has 26 heavy (non-hydrogen) atoms. The average molecular weight is 365 g/mol. The Balaban J connectivity index is 2.05. The van der Waals surface area contributed by atoms with Gasteiger partial charge < -0.3 is 15.4 Å². The molecule has 2 heterocycles. The van der Waals surface area contributed by atoms with Crippen LogP contribution in [0.4, 0.5) is 24.5 Å². The maximum Gasteiger partial charge on any atom is 0.297 e. The molecular weight excluding hydrogens is 343 g/mol. The number of nitrogens with zero attached hydrogens (tertiary/aromatic N) is 1. The predicted octanol–water partition coefficient (Wildman–Crippen LogP) is 4.21. The summed E-state index contributed by atoms with van der Waals surface area (Å²) in [5.74, 6) is -4.06. The highest BCUT2D eigenvalue weighted by Crippen LogP contribution is 2.48. The number of alkyl halides is 2. The van der Waals surface area contributed by atoms with Gasteiger partial charge in [-0.1, -0.05) is 0 Å². The fraction of sp³-hybridized carbons (Fsp3) is 0.421. The monoisotopic (exact) mass is 365 g/mol. The molecule has 0 saturated carbocycles. The lowest BCUT2D eigenvalue weighted by atomic mass is 9.77. The smallest absolute Gasteiger partial charge is 0.297 e. The zero-order chi connectivity index (χ0) is 19.0. The molecule has 140 valence electrons. The first-order valence-corrected chi connectivity index (χ1v) is 8.41. The molecule has 1 atom stereocenters. The quantitative estimate of drug-likeness (QED) is 0.855. The van der Waals surface area contributed by atoms with E-state index < -0.39 is 22.9 Å². The van der Waals surface area contributed by atoms with Crippen molar-refractivity contribution in [3.8, 4) is 0 Å². The molecule has 1 aromatic heterocycles. The van der Waals surface area contributed by atoms with Crippen LogP contribution in [0.1, 0.15) is 26.3 Å². The van der Waals surface area contributed by atoms with Gasteiger partial charge in [0.1, 0.15) is 17.0 Å². The molecule has 3 rings (SSSR count). The summed E-state index contributed by atoms with van der Waals surface area (Å²) in [7, 11) is 0. The predicted molar refractivity (Wildman–Crippen MR) is 94.3 cm³/mol. The van der Waals surface area contributed by atoms with E-state index in [0.29, 0.717) is 11.4 Å². The van der Waals surface area contributed by atoms with Gasteiger partial charge in [0.05, 0.1) is 18.5 Å². The first-order chi connectivity index (χ1) is 12.2. The van der Waals surface area contributed by atoms with Crippen LogP contribution >= 0.6 is 0 Å². The Kier molecular flexibility index (Phi) is 4.71. The molecule has 1 aliphatic rings. The van der Waals surface area contributed by atoms with Crippen molar-refractivity contribution in [3.05, 3.63) is 54.1 Å². The fourth-order valence-electron chi connectivity index (χ4n) is 3.26. The van der Waals surface area contributed by atoms with E-state index in [2.05, 4.69) is 15.6 Å². The summed E-state index contributed by atoms with van der Waals surface area (Å²) in [5, 5.41) is 5.86. The van der Waals surface area contributed by atoms with E-state index >= 15 is 8.78 Å². The van der Waals surface area contributed by atoms with Crippen molar-refractivity contribution in [1.82, 2.24) is 10.3 Å². The normalized spacial score (nSPS) is 24.7. The van der Waals surface area contributed by atoms with E-state index in [1.54, 1.807) is 24.5 Å². The summed E-state index contributed by atoms with van der Waals surface area (Å²) in [5.41, 5.74) is -2.61. The summed E-state index contributed by atoms with van der Waals surface area (Å²) in [4.78, 5) is 3.99. The van der Waals surface area contributed by atoms with Gasteiger partial charge in [-0.25, -0.2) is 13.2 Å². The van der Waals surface area contributed by atoms with Crippen molar-refractivity contribution in [2.75, 3.05) is 18.5 Å². The third-order valence-electron chi connectivity index (χ3n) is 4.88. The molecule has 1 fully saturated rings. The molecule has 2 aromatic rings. The van der Waals surface area contributed by atoms with Crippen molar-refractivity contribution in [2.24, 2.45) is 0 Å². The van der Waals surface area contributed by atoms with Crippen LogP contribution in [0, 0.1) is 5.82 Å². The molecule has 2 N–H and O–H groups in total. The van der Waals surface area contributed by atoms with Crippen molar-refractivity contribution in [2.45, 2.75) is 37.8 Å². The molecule has 0 bridgehead atoms. The molecule has 1 saturated heterocycles. The first kappa shape index (κ1) is 18.7. The number of hydrogen-bond donors (Lipinski definition) is 2. The van der Waals surface area contributed by atoms with Gasteiger partial charge in [0.15, 0.2) is 0 Å². The van der Waals surface area contributed by atoms with Crippen LogP contribution in [-0.4, -0.2) is 29.7 Å². The van der Waals surface area contributed by atoms with Crippen LogP contribution in [-0.2, 0) is 10.3 Å². The number of anilines is 2.